The average Bonchev–Trinajstić information content (AvgIpc) is 3.81. The maximum absolute atomic E-state index is 5.40. The van der Waals surface area contributed by atoms with Gasteiger partial charge in [-0.3, -0.25) is 0 Å². The molecule has 0 saturated heterocycles. The maximum Gasteiger partial charge on any atom is 0.160 e. The zero-order chi connectivity index (χ0) is 35.6. The predicted molar refractivity (Wildman–Crippen MR) is 225 cm³/mol. The van der Waals surface area contributed by atoms with Gasteiger partial charge in [-0.2, -0.15) is 0 Å². The molecule has 0 N–H and O–H groups in total. The minimum absolute atomic E-state index is 0.697. The fourth-order valence-electron chi connectivity index (χ4n) is 8.26. The van der Waals surface area contributed by atoms with Crippen LogP contribution in [0.25, 0.3) is 99.5 Å². The number of para-hydroxylation sites is 3. The van der Waals surface area contributed by atoms with Crippen LogP contribution in [0.15, 0.2) is 194 Å². The fraction of sp³-hybridized carbons (Fsp3) is 0. The average molecular weight is 689 g/mol. The molecular formula is C50H32N4. The standard InChI is InChI=1S/C50H32N4/c1-3-14-33(15-4-1)38-26-27-42(40-21-8-7-20-39(38)40)49-43-23-9-11-24-45(43)51-50(52-49)35-16-13-19-37(30-35)54-46-25-12-10-22-41(46)44-31-34-28-29-53(47(34)32-48(44)54)36-17-5-2-6-18-36/h1-32H. The summed E-state index contributed by atoms with van der Waals surface area (Å²) < 4.78 is 4.65. The first kappa shape index (κ1) is 30.3. The minimum Gasteiger partial charge on any atom is -0.316 e. The SMILES string of the molecule is c1ccc(-c2ccc(-c3nc(-c4cccc(-n5c6ccccc6c6cc7ccn(-c8ccccc8)c7cc65)c4)nc4ccccc34)c3ccccc23)cc1. The Labute approximate surface area is 311 Å². The fourth-order valence-corrected chi connectivity index (χ4v) is 8.26. The van der Waals surface area contributed by atoms with Gasteiger partial charge in [-0.05, 0) is 76.5 Å². The Morgan fingerprint density at radius 3 is 1.85 bits per heavy atom. The van der Waals surface area contributed by atoms with E-state index in [0.717, 1.165) is 50.1 Å². The van der Waals surface area contributed by atoms with Crippen molar-refractivity contribution in [3.8, 4) is 45.1 Å². The van der Waals surface area contributed by atoms with E-state index in [4.69, 9.17) is 9.97 Å². The largest absolute Gasteiger partial charge is 0.316 e. The predicted octanol–water partition coefficient (Wildman–Crippen LogP) is 12.8. The number of rotatable bonds is 5. The summed E-state index contributed by atoms with van der Waals surface area (Å²) >= 11 is 0. The molecule has 3 heterocycles. The normalized spacial score (nSPS) is 11.7. The number of aromatic nitrogens is 4. The van der Waals surface area contributed by atoms with Crippen LogP contribution in [0.5, 0.6) is 0 Å². The van der Waals surface area contributed by atoms with Gasteiger partial charge in [-0.15, -0.1) is 0 Å². The summed E-state index contributed by atoms with van der Waals surface area (Å²) in [6.07, 6.45) is 2.17. The molecule has 0 bridgehead atoms. The molecule has 0 aliphatic rings. The number of hydrogen-bond acceptors (Lipinski definition) is 2. The van der Waals surface area contributed by atoms with Crippen LogP contribution in [0.1, 0.15) is 0 Å². The Bertz CT molecular complexity index is 3210. The van der Waals surface area contributed by atoms with E-state index < -0.39 is 0 Å². The molecule has 3 aromatic heterocycles. The lowest BCUT2D eigenvalue weighted by Gasteiger charge is -2.15. The molecule has 0 fully saturated rings. The molecule has 0 saturated carbocycles. The first-order valence-electron chi connectivity index (χ1n) is 18.3. The van der Waals surface area contributed by atoms with Gasteiger partial charge in [0.15, 0.2) is 5.82 Å². The molecule has 4 nitrogen and oxygen atoms in total. The van der Waals surface area contributed by atoms with Crippen molar-refractivity contribution in [2.24, 2.45) is 0 Å². The third-order valence-electron chi connectivity index (χ3n) is 10.7. The summed E-state index contributed by atoms with van der Waals surface area (Å²) in [7, 11) is 0. The van der Waals surface area contributed by atoms with Gasteiger partial charge >= 0.3 is 0 Å². The van der Waals surface area contributed by atoms with Crippen molar-refractivity contribution >= 4 is 54.4 Å². The number of hydrogen-bond donors (Lipinski definition) is 0. The lowest BCUT2D eigenvalue weighted by atomic mass is 9.93. The lowest BCUT2D eigenvalue weighted by molar-refractivity contribution is 1.12. The van der Waals surface area contributed by atoms with Crippen LogP contribution in [0, 0.1) is 0 Å². The van der Waals surface area contributed by atoms with Crippen LogP contribution in [-0.2, 0) is 0 Å². The third-order valence-corrected chi connectivity index (χ3v) is 10.7. The summed E-state index contributed by atoms with van der Waals surface area (Å²) in [5.41, 5.74) is 12.0. The van der Waals surface area contributed by atoms with Crippen LogP contribution in [0.3, 0.4) is 0 Å². The molecule has 0 unspecified atom stereocenters. The van der Waals surface area contributed by atoms with Gasteiger partial charge in [0, 0.05) is 50.2 Å². The molecule has 4 heteroatoms. The zero-order valence-electron chi connectivity index (χ0n) is 29.3. The van der Waals surface area contributed by atoms with Gasteiger partial charge in [0.25, 0.3) is 0 Å². The second-order valence-corrected chi connectivity index (χ2v) is 13.8. The molecule has 0 amide bonds. The summed E-state index contributed by atoms with van der Waals surface area (Å²) in [4.78, 5) is 10.6. The molecule has 0 spiro atoms. The number of fused-ring (bicyclic) bond motifs is 6. The van der Waals surface area contributed by atoms with Gasteiger partial charge < -0.3 is 9.13 Å². The van der Waals surface area contributed by atoms with E-state index in [0.29, 0.717) is 5.82 Å². The van der Waals surface area contributed by atoms with E-state index in [-0.39, 0.29) is 0 Å². The van der Waals surface area contributed by atoms with Gasteiger partial charge in [-0.1, -0.05) is 133 Å². The molecular weight excluding hydrogens is 657 g/mol. The molecule has 54 heavy (non-hydrogen) atoms. The number of benzene rings is 8. The first-order valence-corrected chi connectivity index (χ1v) is 18.3. The van der Waals surface area contributed by atoms with Crippen LogP contribution >= 0.6 is 0 Å². The topological polar surface area (TPSA) is 35.6 Å². The van der Waals surface area contributed by atoms with E-state index in [1.54, 1.807) is 0 Å². The number of nitrogens with zero attached hydrogens (tertiary/aromatic N) is 4. The van der Waals surface area contributed by atoms with Gasteiger partial charge in [-0.25, -0.2) is 9.97 Å². The molecule has 0 aliphatic carbocycles. The van der Waals surface area contributed by atoms with Crippen molar-refractivity contribution in [1.29, 1.82) is 0 Å². The van der Waals surface area contributed by atoms with E-state index in [9.17, 15) is 0 Å². The Kier molecular flexibility index (Phi) is 6.82. The Morgan fingerprint density at radius 1 is 0.370 bits per heavy atom. The van der Waals surface area contributed by atoms with Crippen LogP contribution in [0.4, 0.5) is 0 Å². The molecule has 8 aromatic carbocycles. The molecule has 252 valence electrons. The highest BCUT2D eigenvalue weighted by atomic mass is 15.0. The maximum atomic E-state index is 5.40. The molecule has 11 aromatic rings. The minimum atomic E-state index is 0.697. The van der Waals surface area contributed by atoms with Crippen molar-refractivity contribution in [3.63, 3.8) is 0 Å². The van der Waals surface area contributed by atoms with Crippen molar-refractivity contribution in [2.45, 2.75) is 0 Å². The molecule has 0 radical (unpaired) electrons. The molecule has 0 atom stereocenters. The summed E-state index contributed by atoms with van der Waals surface area (Å²) in [5, 5.41) is 7.06. The molecule has 11 rings (SSSR count). The summed E-state index contributed by atoms with van der Waals surface area (Å²) in [6, 6.07) is 66.9. The highest BCUT2D eigenvalue weighted by molar-refractivity contribution is 6.14. The van der Waals surface area contributed by atoms with E-state index in [1.807, 2.05) is 0 Å². The Balaban J connectivity index is 1.11. The first-order chi connectivity index (χ1) is 26.8. The van der Waals surface area contributed by atoms with Gasteiger partial charge in [0.2, 0.25) is 0 Å². The smallest absolute Gasteiger partial charge is 0.160 e. The third kappa shape index (κ3) is 4.78. The van der Waals surface area contributed by atoms with E-state index >= 15 is 0 Å². The summed E-state index contributed by atoms with van der Waals surface area (Å²) in [5.74, 6) is 0.697. The van der Waals surface area contributed by atoms with Gasteiger partial charge in [0.05, 0.1) is 27.8 Å². The Hall–Kier alpha value is -7.30. The van der Waals surface area contributed by atoms with Gasteiger partial charge in [0.1, 0.15) is 0 Å². The van der Waals surface area contributed by atoms with E-state index in [1.165, 1.54) is 43.6 Å². The highest BCUT2D eigenvalue weighted by Crippen LogP contribution is 2.40. The van der Waals surface area contributed by atoms with Crippen LogP contribution in [-0.4, -0.2) is 19.1 Å². The van der Waals surface area contributed by atoms with Crippen molar-refractivity contribution < 1.29 is 0 Å². The summed E-state index contributed by atoms with van der Waals surface area (Å²) in [6.45, 7) is 0. The zero-order valence-corrected chi connectivity index (χ0v) is 29.3. The molecule has 0 aliphatic heterocycles. The monoisotopic (exact) mass is 688 g/mol. The Morgan fingerprint density at radius 2 is 1.02 bits per heavy atom. The highest BCUT2D eigenvalue weighted by Gasteiger charge is 2.18. The van der Waals surface area contributed by atoms with Crippen LogP contribution in [0.2, 0.25) is 0 Å². The van der Waals surface area contributed by atoms with Crippen molar-refractivity contribution in [1.82, 2.24) is 19.1 Å². The van der Waals surface area contributed by atoms with Crippen molar-refractivity contribution in [2.75, 3.05) is 0 Å². The second kappa shape index (κ2) is 12.1. The van der Waals surface area contributed by atoms with Crippen LogP contribution < -0.4 is 0 Å². The quantitative estimate of drug-likeness (QED) is 0.180. The lowest BCUT2D eigenvalue weighted by Crippen LogP contribution is -1.98. The van der Waals surface area contributed by atoms with Crippen molar-refractivity contribution in [3.05, 3.63) is 194 Å². The second-order valence-electron chi connectivity index (χ2n) is 13.8. The van der Waals surface area contributed by atoms with E-state index in [2.05, 4.69) is 203 Å².